The summed E-state index contributed by atoms with van der Waals surface area (Å²) in [7, 11) is 0. The van der Waals surface area contributed by atoms with Crippen LogP contribution in [0.15, 0.2) is 73.1 Å². The molecule has 0 spiro atoms. The van der Waals surface area contributed by atoms with Crippen molar-refractivity contribution in [1.29, 1.82) is 0 Å². The molecule has 1 saturated carbocycles. The Morgan fingerprint density at radius 3 is 2.46 bits per heavy atom. The molecule has 0 atom stereocenters. The summed E-state index contributed by atoms with van der Waals surface area (Å²) in [5, 5.41) is 14.4. The number of hydrogen-bond donors (Lipinski definition) is 2. The van der Waals surface area contributed by atoms with Crippen LogP contribution in [-0.4, -0.2) is 55.7 Å². The number of aliphatic hydroxyl groups is 1. The van der Waals surface area contributed by atoms with E-state index in [1.807, 2.05) is 17.0 Å². The van der Waals surface area contributed by atoms with Crippen molar-refractivity contribution in [2.45, 2.75) is 50.7 Å². The second kappa shape index (κ2) is 10.3. The number of fused-ring (bicyclic) bond motifs is 1. The lowest BCUT2D eigenvalue weighted by molar-refractivity contribution is -0.138. The van der Waals surface area contributed by atoms with E-state index in [0.29, 0.717) is 31.9 Å². The van der Waals surface area contributed by atoms with Crippen molar-refractivity contribution in [3.05, 3.63) is 73.1 Å². The van der Waals surface area contributed by atoms with Gasteiger partial charge >= 0.3 is 0 Å². The lowest BCUT2D eigenvalue weighted by Gasteiger charge is -2.35. The zero-order valence-electron chi connectivity index (χ0n) is 21.0. The maximum atomic E-state index is 12.9. The predicted octanol–water partition coefficient (Wildman–Crippen LogP) is 5.04. The first-order chi connectivity index (χ1) is 18.2. The minimum atomic E-state index is -0.254. The molecule has 2 aromatic carbocycles. The Hall–Kier alpha value is -3.71. The van der Waals surface area contributed by atoms with E-state index in [1.165, 1.54) is 16.5 Å². The van der Waals surface area contributed by atoms with Gasteiger partial charge in [0.1, 0.15) is 5.82 Å². The number of amides is 1. The number of carbonyl (C=O) groups is 1. The molecular formula is C30H33N5O2. The standard InChI is InChI=1S/C30H33N5O2/c36-24-14-18-34(19-15-24)29(37)22-9-11-23(12-10-22)32-30-31-17-13-28(33-30)35-20-16-26-25(7-4-8-27(26)35)21-5-2-1-3-6-21/h1-8,13,16-17,20,22-24,36H,9-12,14-15,18-19H2,(H,31,32,33). The number of aliphatic hydroxyl groups excluding tert-OH is 1. The van der Waals surface area contributed by atoms with E-state index in [4.69, 9.17) is 4.98 Å². The molecule has 6 rings (SSSR count). The zero-order chi connectivity index (χ0) is 25.2. The molecule has 1 aliphatic heterocycles. The van der Waals surface area contributed by atoms with Crippen LogP contribution in [0, 0.1) is 5.92 Å². The molecule has 1 saturated heterocycles. The Bertz CT molecular complexity index is 1370. The number of piperidine rings is 1. The zero-order valence-corrected chi connectivity index (χ0v) is 21.0. The van der Waals surface area contributed by atoms with Gasteiger partial charge < -0.3 is 19.9 Å². The highest BCUT2D eigenvalue weighted by Gasteiger charge is 2.31. The average Bonchev–Trinajstić information content (AvgIpc) is 3.39. The smallest absolute Gasteiger partial charge is 0.225 e. The number of carbonyl (C=O) groups excluding carboxylic acids is 1. The van der Waals surface area contributed by atoms with Crippen LogP contribution in [0.2, 0.25) is 0 Å². The SMILES string of the molecule is O=C(C1CCC(Nc2nccc(-n3ccc4c(-c5ccccc5)cccc43)n2)CC1)N1CCC(O)CC1. The van der Waals surface area contributed by atoms with Gasteiger partial charge in [-0.15, -0.1) is 0 Å². The highest BCUT2D eigenvalue weighted by molar-refractivity contribution is 5.96. The first kappa shape index (κ1) is 23.7. The van der Waals surface area contributed by atoms with E-state index >= 15 is 0 Å². The molecule has 2 aliphatic rings. The summed E-state index contributed by atoms with van der Waals surface area (Å²) in [5.41, 5.74) is 3.51. The van der Waals surface area contributed by atoms with Gasteiger partial charge in [0.15, 0.2) is 0 Å². The normalized spacial score (nSPS) is 20.7. The van der Waals surface area contributed by atoms with Crippen molar-refractivity contribution in [2.75, 3.05) is 18.4 Å². The van der Waals surface area contributed by atoms with Crippen LogP contribution in [0.5, 0.6) is 0 Å². The largest absolute Gasteiger partial charge is 0.393 e. The summed E-state index contributed by atoms with van der Waals surface area (Å²) in [4.78, 5) is 24.2. The molecule has 7 nitrogen and oxygen atoms in total. The Balaban J connectivity index is 1.13. The molecule has 2 N–H and O–H groups in total. The van der Waals surface area contributed by atoms with Crippen molar-refractivity contribution in [3.63, 3.8) is 0 Å². The van der Waals surface area contributed by atoms with Gasteiger partial charge in [-0.25, -0.2) is 4.98 Å². The Morgan fingerprint density at radius 2 is 1.68 bits per heavy atom. The van der Waals surface area contributed by atoms with Crippen molar-refractivity contribution in [2.24, 2.45) is 5.92 Å². The fourth-order valence-electron chi connectivity index (χ4n) is 5.80. The lowest BCUT2D eigenvalue weighted by atomic mass is 9.85. The topological polar surface area (TPSA) is 83.3 Å². The molecule has 0 bridgehead atoms. The van der Waals surface area contributed by atoms with Gasteiger partial charge in [0.25, 0.3) is 0 Å². The van der Waals surface area contributed by atoms with E-state index in [9.17, 15) is 9.90 Å². The maximum Gasteiger partial charge on any atom is 0.225 e. The van der Waals surface area contributed by atoms with Gasteiger partial charge in [-0.1, -0.05) is 42.5 Å². The van der Waals surface area contributed by atoms with Gasteiger partial charge in [0.05, 0.1) is 11.6 Å². The maximum absolute atomic E-state index is 12.9. The fraction of sp³-hybridized carbons (Fsp3) is 0.367. The average molecular weight is 496 g/mol. The minimum Gasteiger partial charge on any atom is -0.393 e. The highest BCUT2D eigenvalue weighted by Crippen LogP contribution is 2.31. The first-order valence-electron chi connectivity index (χ1n) is 13.4. The molecule has 1 amide bonds. The van der Waals surface area contributed by atoms with Crippen LogP contribution in [0.3, 0.4) is 0 Å². The molecule has 1 aliphatic carbocycles. The van der Waals surface area contributed by atoms with Crippen LogP contribution in [0.4, 0.5) is 5.95 Å². The van der Waals surface area contributed by atoms with E-state index in [1.54, 1.807) is 6.20 Å². The van der Waals surface area contributed by atoms with Crippen LogP contribution in [-0.2, 0) is 4.79 Å². The molecular weight excluding hydrogens is 462 g/mol. The molecule has 7 heteroatoms. The van der Waals surface area contributed by atoms with E-state index in [-0.39, 0.29) is 24.0 Å². The lowest BCUT2D eigenvalue weighted by Crippen LogP contribution is -2.44. The van der Waals surface area contributed by atoms with Crippen molar-refractivity contribution >= 4 is 22.8 Å². The number of aromatic nitrogens is 3. The number of benzene rings is 2. The molecule has 2 fully saturated rings. The summed E-state index contributed by atoms with van der Waals surface area (Å²) in [5.74, 6) is 1.80. The number of anilines is 1. The second-order valence-corrected chi connectivity index (χ2v) is 10.3. The predicted molar refractivity (Wildman–Crippen MR) is 145 cm³/mol. The Kier molecular flexibility index (Phi) is 6.62. The summed E-state index contributed by atoms with van der Waals surface area (Å²) in [6.07, 6.45) is 8.61. The van der Waals surface area contributed by atoms with Gasteiger partial charge in [-0.3, -0.25) is 4.79 Å². The molecule has 190 valence electrons. The van der Waals surface area contributed by atoms with Gasteiger partial charge in [-0.05, 0) is 67.9 Å². The molecule has 4 aromatic rings. The van der Waals surface area contributed by atoms with Gasteiger partial charge in [-0.2, -0.15) is 4.98 Å². The molecule has 3 heterocycles. The van der Waals surface area contributed by atoms with Gasteiger partial charge in [0.2, 0.25) is 11.9 Å². The van der Waals surface area contributed by atoms with E-state index in [0.717, 1.165) is 37.0 Å². The third-order valence-electron chi connectivity index (χ3n) is 7.89. The van der Waals surface area contributed by atoms with Crippen LogP contribution >= 0.6 is 0 Å². The third kappa shape index (κ3) is 4.96. The Morgan fingerprint density at radius 1 is 0.892 bits per heavy atom. The summed E-state index contributed by atoms with van der Waals surface area (Å²) >= 11 is 0. The molecule has 37 heavy (non-hydrogen) atoms. The number of nitrogens with zero attached hydrogens (tertiary/aromatic N) is 4. The number of likely N-dealkylation sites (tertiary alicyclic amines) is 1. The second-order valence-electron chi connectivity index (χ2n) is 10.3. The van der Waals surface area contributed by atoms with Crippen LogP contribution in [0.1, 0.15) is 38.5 Å². The highest BCUT2D eigenvalue weighted by atomic mass is 16.3. The van der Waals surface area contributed by atoms with Gasteiger partial charge in [0, 0.05) is 42.8 Å². The van der Waals surface area contributed by atoms with Crippen molar-refractivity contribution < 1.29 is 9.90 Å². The van der Waals surface area contributed by atoms with E-state index < -0.39 is 0 Å². The Labute approximate surface area is 217 Å². The van der Waals surface area contributed by atoms with Crippen molar-refractivity contribution in [3.8, 4) is 16.9 Å². The molecule has 0 radical (unpaired) electrons. The number of rotatable bonds is 5. The minimum absolute atomic E-state index is 0.0885. The third-order valence-corrected chi connectivity index (χ3v) is 7.89. The monoisotopic (exact) mass is 495 g/mol. The van der Waals surface area contributed by atoms with Crippen molar-refractivity contribution in [1.82, 2.24) is 19.4 Å². The van der Waals surface area contributed by atoms with Crippen LogP contribution in [0.25, 0.3) is 27.8 Å². The summed E-state index contributed by atoms with van der Waals surface area (Å²) < 4.78 is 2.11. The van der Waals surface area contributed by atoms with E-state index in [2.05, 4.69) is 69.6 Å². The summed E-state index contributed by atoms with van der Waals surface area (Å²) in [6, 6.07) is 21.2. The number of hydrogen-bond acceptors (Lipinski definition) is 5. The molecule has 0 unspecified atom stereocenters. The number of nitrogens with one attached hydrogen (secondary N) is 1. The first-order valence-corrected chi connectivity index (χ1v) is 13.4. The summed E-state index contributed by atoms with van der Waals surface area (Å²) in [6.45, 7) is 1.36. The fourth-order valence-corrected chi connectivity index (χ4v) is 5.80. The van der Waals surface area contributed by atoms with Crippen LogP contribution < -0.4 is 5.32 Å². The molecule has 2 aromatic heterocycles. The quantitative estimate of drug-likeness (QED) is 0.405.